The second kappa shape index (κ2) is 6.80. The van der Waals surface area contributed by atoms with Crippen LogP contribution in [0.1, 0.15) is 31.4 Å². The van der Waals surface area contributed by atoms with Crippen LogP contribution in [-0.2, 0) is 4.79 Å². The van der Waals surface area contributed by atoms with Crippen LogP contribution < -0.4 is 5.32 Å². The molecule has 1 atom stereocenters. The Morgan fingerprint density at radius 2 is 2.05 bits per heavy atom. The largest absolute Gasteiger partial charge is 0.481 e. The number of carboxylic acid groups (broad SMARTS) is 1. The number of carboxylic acids is 1. The summed E-state index contributed by atoms with van der Waals surface area (Å²) in [4.78, 5) is 24.7. The summed E-state index contributed by atoms with van der Waals surface area (Å²) in [6.07, 6.45) is 1.02. The Labute approximate surface area is 128 Å². The first-order chi connectivity index (χ1) is 9.97. The SMILES string of the molecule is CC(NC(=O)N1CCC(C(=O)O)CC1)c1cccc(Cl)c1. The smallest absolute Gasteiger partial charge is 0.317 e. The van der Waals surface area contributed by atoms with Crippen molar-refractivity contribution in [2.75, 3.05) is 13.1 Å². The van der Waals surface area contributed by atoms with Crippen LogP contribution in [0, 0.1) is 5.92 Å². The van der Waals surface area contributed by atoms with Crippen LogP contribution in [0.15, 0.2) is 24.3 Å². The Bertz CT molecular complexity index is 527. The van der Waals surface area contributed by atoms with Gasteiger partial charge >= 0.3 is 12.0 Å². The zero-order valence-electron chi connectivity index (χ0n) is 11.9. The van der Waals surface area contributed by atoms with Crippen LogP contribution in [-0.4, -0.2) is 35.1 Å². The van der Waals surface area contributed by atoms with Gasteiger partial charge in [-0.25, -0.2) is 4.79 Å². The molecule has 1 fully saturated rings. The number of hydrogen-bond acceptors (Lipinski definition) is 2. The molecule has 2 N–H and O–H groups in total. The highest BCUT2D eigenvalue weighted by Crippen LogP contribution is 2.20. The van der Waals surface area contributed by atoms with E-state index in [-0.39, 0.29) is 18.0 Å². The summed E-state index contributed by atoms with van der Waals surface area (Å²) in [7, 11) is 0. The number of nitrogens with zero attached hydrogens (tertiary/aromatic N) is 1. The van der Waals surface area contributed by atoms with Crippen molar-refractivity contribution < 1.29 is 14.7 Å². The minimum atomic E-state index is -0.776. The molecule has 1 heterocycles. The van der Waals surface area contributed by atoms with E-state index in [0.717, 1.165) is 5.56 Å². The fourth-order valence-electron chi connectivity index (χ4n) is 2.47. The lowest BCUT2D eigenvalue weighted by Gasteiger charge is -2.31. The minimum absolute atomic E-state index is 0.145. The third-order valence-electron chi connectivity index (χ3n) is 3.82. The van der Waals surface area contributed by atoms with Gasteiger partial charge in [-0.15, -0.1) is 0 Å². The molecule has 1 aliphatic heterocycles. The second-order valence-electron chi connectivity index (χ2n) is 5.33. The molecular formula is C15H19ClN2O3. The molecule has 1 aliphatic rings. The van der Waals surface area contributed by atoms with Crippen molar-refractivity contribution in [1.29, 1.82) is 0 Å². The highest BCUT2D eigenvalue weighted by Gasteiger charge is 2.27. The van der Waals surface area contributed by atoms with E-state index < -0.39 is 5.97 Å². The first-order valence-electron chi connectivity index (χ1n) is 7.01. The van der Waals surface area contributed by atoms with Gasteiger partial charge in [0.15, 0.2) is 0 Å². The zero-order valence-corrected chi connectivity index (χ0v) is 12.6. The number of hydrogen-bond donors (Lipinski definition) is 2. The van der Waals surface area contributed by atoms with Gasteiger partial charge in [-0.3, -0.25) is 4.79 Å². The highest BCUT2D eigenvalue weighted by atomic mass is 35.5. The Kier molecular flexibility index (Phi) is 5.07. The van der Waals surface area contributed by atoms with E-state index in [4.69, 9.17) is 16.7 Å². The van der Waals surface area contributed by atoms with Crippen molar-refractivity contribution in [3.63, 3.8) is 0 Å². The van der Waals surface area contributed by atoms with E-state index in [0.29, 0.717) is 31.0 Å². The summed E-state index contributed by atoms with van der Waals surface area (Å²) in [5, 5.41) is 12.5. The molecule has 2 amide bonds. The Balaban J connectivity index is 1.89. The number of carbonyl (C=O) groups is 2. The molecule has 2 rings (SSSR count). The van der Waals surface area contributed by atoms with Crippen molar-refractivity contribution in [1.82, 2.24) is 10.2 Å². The number of aliphatic carboxylic acids is 1. The molecule has 0 spiro atoms. The molecule has 0 saturated carbocycles. The van der Waals surface area contributed by atoms with Gasteiger partial charge in [0.1, 0.15) is 0 Å². The van der Waals surface area contributed by atoms with E-state index >= 15 is 0 Å². The van der Waals surface area contributed by atoms with E-state index in [1.807, 2.05) is 25.1 Å². The van der Waals surface area contributed by atoms with Gasteiger partial charge in [0.25, 0.3) is 0 Å². The lowest BCUT2D eigenvalue weighted by Crippen LogP contribution is -2.46. The third kappa shape index (κ3) is 4.11. The summed E-state index contributed by atoms with van der Waals surface area (Å²) >= 11 is 5.94. The normalized spacial score (nSPS) is 17.3. The number of benzene rings is 1. The molecule has 0 aliphatic carbocycles. The number of rotatable bonds is 3. The zero-order chi connectivity index (χ0) is 15.4. The number of urea groups is 1. The highest BCUT2D eigenvalue weighted by molar-refractivity contribution is 6.30. The summed E-state index contributed by atoms with van der Waals surface area (Å²) < 4.78 is 0. The van der Waals surface area contributed by atoms with E-state index in [9.17, 15) is 9.59 Å². The van der Waals surface area contributed by atoms with E-state index in [1.54, 1.807) is 11.0 Å². The van der Waals surface area contributed by atoms with Crippen molar-refractivity contribution in [2.45, 2.75) is 25.8 Å². The monoisotopic (exact) mass is 310 g/mol. The number of likely N-dealkylation sites (tertiary alicyclic amines) is 1. The van der Waals surface area contributed by atoms with E-state index in [1.165, 1.54) is 0 Å². The molecule has 114 valence electrons. The number of carbonyl (C=O) groups excluding carboxylic acids is 1. The van der Waals surface area contributed by atoms with Crippen LogP contribution in [0.4, 0.5) is 4.79 Å². The number of halogens is 1. The third-order valence-corrected chi connectivity index (χ3v) is 4.06. The van der Waals surface area contributed by atoms with Crippen LogP contribution in [0.5, 0.6) is 0 Å². The van der Waals surface area contributed by atoms with Crippen molar-refractivity contribution in [3.05, 3.63) is 34.9 Å². The predicted molar refractivity (Wildman–Crippen MR) is 80.3 cm³/mol. The molecule has 1 aromatic rings. The maximum absolute atomic E-state index is 12.2. The number of piperidine rings is 1. The van der Waals surface area contributed by atoms with Gasteiger partial charge in [0, 0.05) is 18.1 Å². The summed E-state index contributed by atoms with van der Waals surface area (Å²) in [6, 6.07) is 7.06. The standard InChI is InChI=1S/C15H19ClN2O3/c1-10(12-3-2-4-13(16)9-12)17-15(21)18-7-5-11(6-8-18)14(19)20/h2-4,9-11H,5-8H2,1H3,(H,17,21)(H,19,20). The molecule has 1 saturated heterocycles. The molecule has 6 heteroatoms. The fraction of sp³-hybridized carbons (Fsp3) is 0.467. The summed E-state index contributed by atoms with van der Waals surface area (Å²) in [6.45, 7) is 2.85. The maximum atomic E-state index is 12.2. The van der Waals surface area contributed by atoms with Crippen LogP contribution in [0.3, 0.4) is 0 Å². The van der Waals surface area contributed by atoms with Crippen molar-refractivity contribution >= 4 is 23.6 Å². The fourth-order valence-corrected chi connectivity index (χ4v) is 2.66. The Hall–Kier alpha value is -1.75. The van der Waals surface area contributed by atoms with Gasteiger partial charge < -0.3 is 15.3 Å². The lowest BCUT2D eigenvalue weighted by molar-refractivity contribution is -0.143. The molecule has 0 aromatic heterocycles. The van der Waals surface area contributed by atoms with Gasteiger partial charge in [0.05, 0.1) is 12.0 Å². The first kappa shape index (κ1) is 15.6. The van der Waals surface area contributed by atoms with Crippen LogP contribution >= 0.6 is 11.6 Å². The second-order valence-corrected chi connectivity index (χ2v) is 5.76. The molecule has 0 radical (unpaired) electrons. The molecule has 1 aromatic carbocycles. The number of amides is 2. The molecule has 5 nitrogen and oxygen atoms in total. The Morgan fingerprint density at radius 3 is 2.62 bits per heavy atom. The van der Waals surface area contributed by atoms with Gasteiger partial charge in [-0.1, -0.05) is 23.7 Å². The summed E-state index contributed by atoms with van der Waals surface area (Å²) in [5.41, 5.74) is 0.941. The quantitative estimate of drug-likeness (QED) is 0.902. The van der Waals surface area contributed by atoms with Gasteiger partial charge in [-0.2, -0.15) is 0 Å². The molecule has 0 bridgehead atoms. The van der Waals surface area contributed by atoms with Crippen molar-refractivity contribution in [3.8, 4) is 0 Å². The Morgan fingerprint density at radius 1 is 1.38 bits per heavy atom. The molecule has 21 heavy (non-hydrogen) atoms. The topological polar surface area (TPSA) is 69.6 Å². The molecular weight excluding hydrogens is 292 g/mol. The molecule has 1 unspecified atom stereocenters. The minimum Gasteiger partial charge on any atom is -0.481 e. The summed E-state index contributed by atoms with van der Waals surface area (Å²) in [5.74, 6) is -1.11. The van der Waals surface area contributed by atoms with Gasteiger partial charge in [-0.05, 0) is 37.5 Å². The maximum Gasteiger partial charge on any atom is 0.317 e. The average Bonchev–Trinajstić information content (AvgIpc) is 2.47. The van der Waals surface area contributed by atoms with Crippen LogP contribution in [0.25, 0.3) is 0 Å². The van der Waals surface area contributed by atoms with Crippen molar-refractivity contribution in [2.24, 2.45) is 5.92 Å². The average molecular weight is 311 g/mol. The predicted octanol–water partition coefficient (Wildman–Crippen LogP) is 2.91. The van der Waals surface area contributed by atoms with E-state index in [2.05, 4.69) is 5.32 Å². The first-order valence-corrected chi connectivity index (χ1v) is 7.39. The number of nitrogens with one attached hydrogen (secondary N) is 1. The van der Waals surface area contributed by atoms with Crippen LogP contribution in [0.2, 0.25) is 5.02 Å². The van der Waals surface area contributed by atoms with Gasteiger partial charge in [0.2, 0.25) is 0 Å². The lowest BCUT2D eigenvalue weighted by atomic mass is 9.97.